The summed E-state index contributed by atoms with van der Waals surface area (Å²) in [6, 6.07) is 0. The van der Waals surface area contributed by atoms with Gasteiger partial charge in [-0.3, -0.25) is 28.8 Å². The topological polar surface area (TPSA) is 244 Å². The van der Waals surface area contributed by atoms with Crippen molar-refractivity contribution in [2.75, 3.05) is 0 Å². The van der Waals surface area contributed by atoms with Crippen LogP contribution in [0.3, 0.4) is 0 Å². The van der Waals surface area contributed by atoms with Gasteiger partial charge in [0.2, 0.25) is 0 Å². The molecule has 406 valence electrons. The summed E-state index contributed by atoms with van der Waals surface area (Å²) in [7, 11) is 0. The highest BCUT2D eigenvalue weighted by Gasteiger charge is 2.37. The molecule has 0 aliphatic heterocycles. The van der Waals surface area contributed by atoms with Crippen LogP contribution in [0.1, 0.15) is 168 Å². The second-order valence-electron chi connectivity index (χ2n) is 21.3. The summed E-state index contributed by atoms with van der Waals surface area (Å²) >= 11 is 0. The monoisotopic (exact) mass is 1000 g/mol. The van der Waals surface area contributed by atoms with E-state index < -0.39 is 5.97 Å². The smallest absolute Gasteiger partial charge is 0.303 e. The van der Waals surface area contributed by atoms with Gasteiger partial charge in [-0.05, 0) is 112 Å². The second-order valence-corrected chi connectivity index (χ2v) is 21.3. The summed E-state index contributed by atoms with van der Waals surface area (Å²) in [6.07, 6.45) is 16.5. The first kappa shape index (κ1) is 67.3. The number of aliphatic hydroxyl groups excluding tert-OH is 6. The molecule has 0 aromatic rings. The van der Waals surface area contributed by atoms with Crippen LogP contribution in [0.2, 0.25) is 0 Å². The zero-order valence-electron chi connectivity index (χ0n) is 45.8. The highest BCUT2D eigenvalue weighted by Crippen LogP contribution is 2.33. The zero-order valence-corrected chi connectivity index (χ0v) is 45.8. The summed E-state index contributed by atoms with van der Waals surface area (Å²) in [6.45, 7) is 31.0. The van der Waals surface area contributed by atoms with E-state index >= 15 is 0 Å². The standard InChI is InChI=1S/C9H14O2.2C7H14O2.2C7H12O2.3C7H10O/c1-2-3-4-5-6-7-8-9(10)11;4*1-4-5(2)7(9)3-6(4)8;3*1-5-3-4-7(8)6(5)2/h2,4-5H,1,3,6-8H2,(H,10,11);2*4-9H,3H2,1-2H3;2*4-6,8H,3H2,1-2H3;3-4H2,1-2H3;3,6H,4H2,1-2H3;3-6H,1-2H3/b5-4-;;;;;;;/t;2*4-,5+,6+,7-;2*4-,5+,6+;;6-;5-,6-/m...10.00/s1. The van der Waals surface area contributed by atoms with Gasteiger partial charge in [0.25, 0.3) is 0 Å². The van der Waals surface area contributed by atoms with Crippen LogP contribution in [0.5, 0.6) is 0 Å². The molecule has 0 saturated heterocycles. The number of hydrogen-bond donors (Lipinski definition) is 7. The zero-order chi connectivity index (χ0) is 55.0. The lowest BCUT2D eigenvalue weighted by Gasteiger charge is -2.12. The lowest BCUT2D eigenvalue weighted by Crippen LogP contribution is -2.15. The third-order valence-electron chi connectivity index (χ3n) is 16.3. The van der Waals surface area contributed by atoms with E-state index in [9.17, 15) is 49.2 Å². The Bertz CT molecular complexity index is 1740. The Morgan fingerprint density at radius 2 is 1.04 bits per heavy atom. The second kappa shape index (κ2) is 33.9. The number of ketones is 5. The molecule has 0 spiro atoms. The maximum Gasteiger partial charge on any atom is 0.303 e. The molecule has 0 bridgehead atoms. The van der Waals surface area contributed by atoms with E-state index in [1.54, 1.807) is 6.08 Å². The summed E-state index contributed by atoms with van der Waals surface area (Å²) < 4.78 is 0. The molecule has 17 atom stereocenters. The highest BCUT2D eigenvalue weighted by molar-refractivity contribution is 5.98. The number of rotatable bonds is 6. The van der Waals surface area contributed by atoms with Gasteiger partial charge in [0.05, 0.1) is 36.6 Å². The Labute approximate surface area is 427 Å². The van der Waals surface area contributed by atoms with Gasteiger partial charge in [-0.2, -0.15) is 0 Å². The molecule has 0 radical (unpaired) electrons. The molecule has 0 amide bonds. The number of carboxylic acids is 1. The lowest BCUT2D eigenvalue weighted by molar-refractivity contribution is -0.137. The summed E-state index contributed by atoms with van der Waals surface area (Å²) in [4.78, 5) is 63.9. The number of carbonyl (C=O) groups is 6. The van der Waals surface area contributed by atoms with Crippen LogP contribution in [-0.2, 0) is 28.8 Å². The molecule has 0 aromatic carbocycles. The van der Waals surface area contributed by atoms with Crippen molar-refractivity contribution in [3.8, 4) is 0 Å². The maximum atomic E-state index is 10.8. The number of hydrogen-bond acceptors (Lipinski definition) is 12. The molecule has 4 fully saturated rings. The van der Waals surface area contributed by atoms with Crippen LogP contribution in [0.25, 0.3) is 0 Å². The molecule has 7 N–H and O–H groups in total. The van der Waals surface area contributed by atoms with Crippen molar-refractivity contribution in [2.45, 2.75) is 204 Å². The minimum absolute atomic E-state index is 0.0694. The number of aliphatic carboxylic acids is 1. The first-order valence-corrected chi connectivity index (χ1v) is 26.1. The molecule has 71 heavy (non-hydrogen) atoms. The quantitative estimate of drug-likeness (QED) is 0.0972. The molecule has 4 saturated carbocycles. The first-order chi connectivity index (χ1) is 32.9. The Hall–Kier alpha value is -3.72. The van der Waals surface area contributed by atoms with Crippen molar-refractivity contribution in [2.24, 2.45) is 65.1 Å². The predicted molar refractivity (Wildman–Crippen MR) is 281 cm³/mol. The Morgan fingerprint density at radius 1 is 0.606 bits per heavy atom. The van der Waals surface area contributed by atoms with Gasteiger partial charge in [0, 0.05) is 55.8 Å². The average molecular weight is 1000 g/mol. The Kier molecular flexibility index (Phi) is 32.1. The van der Waals surface area contributed by atoms with Crippen molar-refractivity contribution < 1.29 is 64.5 Å². The van der Waals surface area contributed by atoms with E-state index in [-0.39, 0.29) is 120 Å². The molecule has 0 heterocycles. The fourth-order valence-corrected chi connectivity index (χ4v) is 8.45. The van der Waals surface area contributed by atoms with Crippen molar-refractivity contribution in [3.63, 3.8) is 0 Å². The summed E-state index contributed by atoms with van der Waals surface area (Å²) in [5, 5.41) is 63.2. The van der Waals surface area contributed by atoms with Gasteiger partial charge < -0.3 is 35.7 Å². The number of carbonyl (C=O) groups excluding carboxylic acids is 5. The largest absolute Gasteiger partial charge is 0.481 e. The summed E-state index contributed by atoms with van der Waals surface area (Å²) in [5.74, 6) is 3.08. The molecule has 13 heteroatoms. The fourth-order valence-electron chi connectivity index (χ4n) is 8.45. The molecule has 13 nitrogen and oxygen atoms in total. The number of Topliss-reactive ketones (excluding diaryl/α,β-unsaturated/α-hetero) is 4. The molecular weight excluding hydrogens is 905 g/mol. The van der Waals surface area contributed by atoms with Crippen LogP contribution in [-0.4, -0.2) is 107 Å². The number of unbranched alkanes of at least 4 members (excludes halogenated alkanes) is 1. The molecule has 7 rings (SSSR count). The third kappa shape index (κ3) is 23.8. The van der Waals surface area contributed by atoms with Gasteiger partial charge in [-0.15, -0.1) is 6.58 Å². The lowest BCUT2D eigenvalue weighted by atomic mass is 9.98. The molecule has 0 unspecified atom stereocenters. The van der Waals surface area contributed by atoms with E-state index in [4.69, 9.17) is 15.3 Å². The van der Waals surface area contributed by atoms with Crippen LogP contribution in [0.4, 0.5) is 0 Å². The Balaban J connectivity index is 0.000000790. The first-order valence-electron chi connectivity index (χ1n) is 26.1. The van der Waals surface area contributed by atoms with E-state index in [1.165, 1.54) is 11.1 Å². The molecule has 7 aliphatic rings. The third-order valence-corrected chi connectivity index (χ3v) is 16.3. The maximum absolute atomic E-state index is 10.8. The van der Waals surface area contributed by atoms with Crippen LogP contribution < -0.4 is 0 Å². The van der Waals surface area contributed by atoms with E-state index in [0.29, 0.717) is 49.6 Å². The molecule has 7 aliphatic carbocycles. The van der Waals surface area contributed by atoms with Crippen molar-refractivity contribution >= 4 is 34.9 Å². The van der Waals surface area contributed by atoms with E-state index in [0.717, 1.165) is 37.7 Å². The number of carboxylic acid groups (broad SMARTS) is 1. The van der Waals surface area contributed by atoms with E-state index in [2.05, 4.69) is 13.5 Å². The van der Waals surface area contributed by atoms with Crippen LogP contribution in [0.15, 0.2) is 59.8 Å². The van der Waals surface area contributed by atoms with Gasteiger partial charge in [0.1, 0.15) is 17.3 Å². The highest BCUT2D eigenvalue weighted by atomic mass is 16.4. The van der Waals surface area contributed by atoms with Crippen molar-refractivity contribution in [1.82, 2.24) is 0 Å². The molecule has 0 aromatic heterocycles. The molecular formula is C58H96O13. The summed E-state index contributed by atoms with van der Waals surface area (Å²) in [5.41, 5.74) is 3.50. The van der Waals surface area contributed by atoms with Crippen LogP contribution >= 0.6 is 0 Å². The van der Waals surface area contributed by atoms with Gasteiger partial charge in [0.15, 0.2) is 11.6 Å². The minimum Gasteiger partial charge on any atom is -0.481 e. The average Bonchev–Trinajstić information content (AvgIpc) is 4.12. The number of aliphatic hydroxyl groups is 6. The Morgan fingerprint density at radius 3 is 1.20 bits per heavy atom. The number of allylic oxidation sites excluding steroid dienone is 9. The van der Waals surface area contributed by atoms with Crippen molar-refractivity contribution in [3.05, 3.63) is 59.8 Å². The van der Waals surface area contributed by atoms with Gasteiger partial charge in [-0.25, -0.2) is 0 Å². The minimum atomic E-state index is -0.720. The van der Waals surface area contributed by atoms with Crippen LogP contribution in [0, 0.1) is 65.1 Å². The fraction of sp³-hybridized carbons (Fsp3) is 0.724. The van der Waals surface area contributed by atoms with Crippen molar-refractivity contribution in [1.29, 1.82) is 0 Å². The predicted octanol–water partition coefficient (Wildman–Crippen LogP) is 8.95. The SMILES string of the molecule is C=CC/C=C\CCCC(=O)O.CC1=C(C)C(=O)CC1.CC1=CCC(=O)[C@H]1C.C[C@@H]1C(=O)C=C[C@@H]1C.C[C@@H]1[C@H](C)C(=O)C[C@@H]1O.C[C@@H]1[C@H](C)[C@H](O)C[C@@H]1O.C[C@@H]1[C@H](C)[C@H](O)C[C@@H]1O.C[C@@H]1[C@H](O)CC(=O)[C@@H]1C. The van der Waals surface area contributed by atoms with Gasteiger partial charge >= 0.3 is 5.97 Å². The van der Waals surface area contributed by atoms with E-state index in [1.807, 2.05) is 120 Å². The van der Waals surface area contributed by atoms with Gasteiger partial charge in [-0.1, -0.05) is 118 Å². The normalized spacial score (nSPS) is 35.5.